The number of carbonyl (C=O) groups excluding carboxylic acids is 1. The van der Waals surface area contributed by atoms with Gasteiger partial charge in [0.1, 0.15) is 0 Å². The predicted octanol–water partition coefficient (Wildman–Crippen LogP) is 2.73. The first-order valence-electron chi connectivity index (χ1n) is 6.68. The van der Waals surface area contributed by atoms with Gasteiger partial charge in [-0.25, -0.2) is 0 Å². The summed E-state index contributed by atoms with van der Waals surface area (Å²) in [7, 11) is 1.47. The van der Waals surface area contributed by atoms with E-state index >= 15 is 0 Å². The van der Waals surface area contributed by atoms with Crippen molar-refractivity contribution in [2.75, 3.05) is 7.11 Å². The van der Waals surface area contributed by atoms with Gasteiger partial charge in [-0.3, -0.25) is 4.79 Å². The maximum atomic E-state index is 11.8. The fourth-order valence-electron chi connectivity index (χ4n) is 2.81. The minimum Gasteiger partial charge on any atom is -0.469 e. The Hall–Kier alpha value is -0.570. The van der Waals surface area contributed by atoms with Crippen LogP contribution in [0.3, 0.4) is 0 Å². The van der Waals surface area contributed by atoms with Crippen molar-refractivity contribution >= 4 is 5.97 Å². The Morgan fingerprint density at radius 2 is 1.88 bits per heavy atom. The van der Waals surface area contributed by atoms with Crippen LogP contribution in [0.4, 0.5) is 0 Å². The fraction of sp³-hybridized carbons (Fsp3) is 0.929. The SMILES string of the molecule is COC(=O)[C@H]1CC(N)CCC[C@H](C(C)(C)C)C1. The highest BCUT2D eigenvalue weighted by Crippen LogP contribution is 2.38. The molecule has 3 nitrogen and oxygen atoms in total. The Labute approximate surface area is 105 Å². The van der Waals surface area contributed by atoms with E-state index in [4.69, 9.17) is 10.5 Å². The molecular weight excluding hydrogens is 214 g/mol. The lowest BCUT2D eigenvalue weighted by Gasteiger charge is -2.35. The Morgan fingerprint density at radius 3 is 2.41 bits per heavy atom. The summed E-state index contributed by atoms with van der Waals surface area (Å²) in [6, 6.07) is 0.153. The van der Waals surface area contributed by atoms with E-state index < -0.39 is 0 Å². The van der Waals surface area contributed by atoms with Gasteiger partial charge in [0.2, 0.25) is 0 Å². The number of esters is 1. The first kappa shape index (κ1) is 14.5. The molecule has 1 saturated carbocycles. The third-order valence-corrected chi connectivity index (χ3v) is 4.04. The van der Waals surface area contributed by atoms with Crippen LogP contribution < -0.4 is 5.73 Å². The summed E-state index contributed by atoms with van der Waals surface area (Å²) in [6.45, 7) is 6.77. The van der Waals surface area contributed by atoms with E-state index in [9.17, 15) is 4.79 Å². The average molecular weight is 241 g/mol. The van der Waals surface area contributed by atoms with Crippen molar-refractivity contribution in [2.24, 2.45) is 23.0 Å². The molecule has 1 aliphatic carbocycles. The van der Waals surface area contributed by atoms with Crippen LogP contribution in [0, 0.1) is 17.3 Å². The predicted molar refractivity (Wildman–Crippen MR) is 69.5 cm³/mol. The molecule has 0 aromatic carbocycles. The van der Waals surface area contributed by atoms with Crippen LogP contribution >= 0.6 is 0 Å². The molecule has 2 N–H and O–H groups in total. The molecule has 3 atom stereocenters. The number of rotatable bonds is 1. The molecule has 1 fully saturated rings. The lowest BCUT2D eigenvalue weighted by molar-refractivity contribution is -0.147. The summed E-state index contributed by atoms with van der Waals surface area (Å²) >= 11 is 0. The lowest BCUT2D eigenvalue weighted by atomic mass is 9.70. The number of hydrogen-bond acceptors (Lipinski definition) is 3. The zero-order valence-corrected chi connectivity index (χ0v) is 11.7. The largest absolute Gasteiger partial charge is 0.469 e. The second-order valence-corrected chi connectivity index (χ2v) is 6.45. The van der Waals surface area contributed by atoms with Crippen molar-refractivity contribution in [1.29, 1.82) is 0 Å². The van der Waals surface area contributed by atoms with E-state index in [1.165, 1.54) is 20.0 Å². The maximum Gasteiger partial charge on any atom is 0.308 e. The molecule has 0 saturated heterocycles. The summed E-state index contributed by atoms with van der Waals surface area (Å²) in [5, 5.41) is 0. The molecule has 1 aliphatic rings. The molecule has 3 heteroatoms. The zero-order valence-electron chi connectivity index (χ0n) is 11.7. The molecule has 1 rings (SSSR count). The molecule has 0 spiro atoms. The highest BCUT2D eigenvalue weighted by atomic mass is 16.5. The maximum absolute atomic E-state index is 11.8. The van der Waals surface area contributed by atoms with E-state index in [2.05, 4.69) is 20.8 Å². The molecule has 1 unspecified atom stereocenters. The molecule has 0 aliphatic heterocycles. The van der Waals surface area contributed by atoms with Gasteiger partial charge in [-0.05, 0) is 37.0 Å². The highest BCUT2D eigenvalue weighted by Gasteiger charge is 2.33. The first-order chi connectivity index (χ1) is 7.84. The summed E-state index contributed by atoms with van der Waals surface area (Å²) in [6.07, 6.45) is 5.07. The van der Waals surface area contributed by atoms with Crippen molar-refractivity contribution in [3.63, 3.8) is 0 Å². The van der Waals surface area contributed by atoms with Gasteiger partial charge in [0, 0.05) is 6.04 Å². The van der Waals surface area contributed by atoms with Crippen LogP contribution in [0.25, 0.3) is 0 Å². The number of methoxy groups -OCH3 is 1. The second-order valence-electron chi connectivity index (χ2n) is 6.45. The van der Waals surface area contributed by atoms with Crippen molar-refractivity contribution in [3.05, 3.63) is 0 Å². The quantitative estimate of drug-likeness (QED) is 0.718. The Kier molecular flexibility index (Phi) is 4.99. The van der Waals surface area contributed by atoms with Gasteiger partial charge in [0.15, 0.2) is 0 Å². The molecule has 0 bridgehead atoms. The fourth-order valence-corrected chi connectivity index (χ4v) is 2.81. The average Bonchev–Trinajstić information content (AvgIpc) is 2.20. The standard InChI is InChI=1S/C14H27NO2/c1-14(2,3)11-6-5-7-12(15)9-10(8-11)13(16)17-4/h10-12H,5-9,15H2,1-4H3/t10-,11+,12?/m1/s1. The molecule has 0 heterocycles. The zero-order chi connectivity index (χ0) is 13.1. The van der Waals surface area contributed by atoms with Crippen molar-refractivity contribution < 1.29 is 9.53 Å². The van der Waals surface area contributed by atoms with Crippen molar-refractivity contribution in [2.45, 2.75) is 58.9 Å². The van der Waals surface area contributed by atoms with Crippen LogP contribution in [0.2, 0.25) is 0 Å². The molecule has 100 valence electrons. The third kappa shape index (κ3) is 4.30. The first-order valence-corrected chi connectivity index (χ1v) is 6.68. The minimum atomic E-state index is -0.0865. The van der Waals surface area contributed by atoms with Gasteiger partial charge in [-0.15, -0.1) is 0 Å². The summed E-state index contributed by atoms with van der Waals surface area (Å²) in [5.74, 6) is 0.482. The summed E-state index contributed by atoms with van der Waals surface area (Å²) in [4.78, 5) is 11.8. The number of nitrogens with two attached hydrogens (primary N) is 1. The van der Waals surface area contributed by atoms with E-state index in [0.717, 1.165) is 19.3 Å². The molecule has 17 heavy (non-hydrogen) atoms. The van der Waals surface area contributed by atoms with Crippen molar-refractivity contribution in [3.8, 4) is 0 Å². The topological polar surface area (TPSA) is 52.3 Å². The van der Waals surface area contributed by atoms with E-state index in [1.807, 2.05) is 0 Å². The number of carbonyl (C=O) groups is 1. The Bertz CT molecular complexity index is 257. The van der Waals surface area contributed by atoms with Crippen LogP contribution in [-0.4, -0.2) is 19.1 Å². The minimum absolute atomic E-state index is 0.0143. The van der Waals surface area contributed by atoms with E-state index in [0.29, 0.717) is 5.92 Å². The second kappa shape index (κ2) is 5.85. The lowest BCUT2D eigenvalue weighted by Crippen LogP contribution is -2.34. The van der Waals surface area contributed by atoms with Crippen LogP contribution in [0.5, 0.6) is 0 Å². The van der Waals surface area contributed by atoms with Gasteiger partial charge in [0.25, 0.3) is 0 Å². The van der Waals surface area contributed by atoms with Gasteiger partial charge < -0.3 is 10.5 Å². The molecule has 0 radical (unpaired) electrons. The van der Waals surface area contributed by atoms with Gasteiger partial charge in [-0.2, -0.15) is 0 Å². The Morgan fingerprint density at radius 1 is 1.24 bits per heavy atom. The molecular formula is C14H27NO2. The summed E-state index contributed by atoms with van der Waals surface area (Å²) in [5.41, 5.74) is 6.29. The molecule has 0 aromatic rings. The van der Waals surface area contributed by atoms with Crippen molar-refractivity contribution in [1.82, 2.24) is 0 Å². The van der Waals surface area contributed by atoms with Crippen LogP contribution in [-0.2, 0) is 9.53 Å². The van der Waals surface area contributed by atoms with E-state index in [-0.39, 0.29) is 23.3 Å². The van der Waals surface area contributed by atoms with E-state index in [1.54, 1.807) is 0 Å². The Balaban J connectivity index is 2.75. The van der Waals surface area contributed by atoms with Gasteiger partial charge in [0.05, 0.1) is 13.0 Å². The number of hydrogen-bond donors (Lipinski definition) is 1. The third-order valence-electron chi connectivity index (χ3n) is 4.04. The normalized spacial score (nSPS) is 31.5. The van der Waals surface area contributed by atoms with Crippen LogP contribution in [0.15, 0.2) is 0 Å². The van der Waals surface area contributed by atoms with Gasteiger partial charge in [-0.1, -0.05) is 27.2 Å². The van der Waals surface area contributed by atoms with Crippen LogP contribution in [0.1, 0.15) is 52.9 Å². The monoisotopic (exact) mass is 241 g/mol. The summed E-state index contributed by atoms with van der Waals surface area (Å²) < 4.78 is 4.90. The molecule has 0 amide bonds. The van der Waals surface area contributed by atoms with Gasteiger partial charge >= 0.3 is 5.97 Å². The highest BCUT2D eigenvalue weighted by molar-refractivity contribution is 5.72. The smallest absolute Gasteiger partial charge is 0.308 e. The number of ether oxygens (including phenoxy) is 1. The molecule has 0 aromatic heterocycles.